The van der Waals surface area contributed by atoms with Crippen LogP contribution in [0.3, 0.4) is 0 Å². The van der Waals surface area contributed by atoms with Gasteiger partial charge in [0.15, 0.2) is 0 Å². The van der Waals surface area contributed by atoms with Crippen LogP contribution in [0.2, 0.25) is 0 Å². The monoisotopic (exact) mass is 400 g/mol. The number of hydrogen-bond donors (Lipinski definition) is 1. The first-order chi connectivity index (χ1) is 14.7. The quantitative estimate of drug-likeness (QED) is 0.516. The van der Waals surface area contributed by atoms with Crippen LogP contribution < -0.4 is 10.9 Å². The fourth-order valence-corrected chi connectivity index (χ4v) is 3.52. The second-order valence-corrected chi connectivity index (χ2v) is 7.22. The molecule has 0 fully saturated rings. The minimum atomic E-state index is -0.223. The maximum Gasteiger partial charge on any atom is 0.282 e. The number of carbonyl (C=O) groups excluding carboxylic acids is 1. The van der Waals surface area contributed by atoms with Gasteiger partial charge in [-0.1, -0.05) is 55.5 Å². The van der Waals surface area contributed by atoms with Crippen molar-refractivity contribution in [3.63, 3.8) is 0 Å². The van der Waals surface area contributed by atoms with Crippen LogP contribution in [0.4, 0.5) is 0 Å². The first kappa shape index (κ1) is 19.6. The number of carbonyl (C=O) groups is 1. The molecule has 4 rings (SSSR count). The van der Waals surface area contributed by atoms with Crippen molar-refractivity contribution in [2.75, 3.05) is 6.54 Å². The molecule has 0 spiro atoms. The lowest BCUT2D eigenvalue weighted by molar-refractivity contribution is 0.0953. The Bertz CT molecular complexity index is 1160. The molecule has 152 valence electrons. The van der Waals surface area contributed by atoms with Crippen LogP contribution in [0.15, 0.2) is 77.9 Å². The molecule has 6 heteroatoms. The van der Waals surface area contributed by atoms with Gasteiger partial charge in [-0.25, -0.2) is 0 Å². The molecule has 0 aliphatic carbocycles. The summed E-state index contributed by atoms with van der Waals surface area (Å²) in [6, 6.07) is 19.3. The lowest BCUT2D eigenvalue weighted by atomic mass is 10.1. The zero-order chi connectivity index (χ0) is 20.9. The first-order valence-corrected chi connectivity index (χ1v) is 10.2. The largest absolute Gasteiger partial charge is 0.353 e. The van der Waals surface area contributed by atoms with Crippen molar-refractivity contribution in [3.8, 4) is 16.9 Å². The van der Waals surface area contributed by atoms with E-state index in [1.165, 1.54) is 4.68 Å². The lowest BCUT2D eigenvalue weighted by Crippen LogP contribution is -2.27. The van der Waals surface area contributed by atoms with Crippen LogP contribution in [0, 0.1) is 0 Å². The number of amides is 1. The van der Waals surface area contributed by atoms with Crippen molar-refractivity contribution < 1.29 is 4.79 Å². The average molecular weight is 400 g/mol. The summed E-state index contributed by atoms with van der Waals surface area (Å²) in [6.07, 6.45) is 5.20. The highest BCUT2D eigenvalue weighted by molar-refractivity contribution is 5.99. The number of rotatable bonds is 7. The Morgan fingerprint density at radius 3 is 2.40 bits per heavy atom. The minimum absolute atomic E-state index is 0.222. The van der Waals surface area contributed by atoms with Crippen LogP contribution in [0.5, 0.6) is 0 Å². The SMILES string of the molecule is CCCn1cc(C(=O)NCCc2ccccc2)c2nn(-c3ccccc3)c(=O)c-2c1. The van der Waals surface area contributed by atoms with Crippen molar-refractivity contribution >= 4 is 5.91 Å². The van der Waals surface area contributed by atoms with Gasteiger partial charge in [0.2, 0.25) is 0 Å². The van der Waals surface area contributed by atoms with E-state index in [0.717, 1.165) is 24.9 Å². The fourth-order valence-electron chi connectivity index (χ4n) is 3.52. The van der Waals surface area contributed by atoms with Gasteiger partial charge >= 0.3 is 0 Å². The van der Waals surface area contributed by atoms with Gasteiger partial charge in [-0.15, -0.1) is 0 Å². The Labute approximate surface area is 175 Å². The number of pyridine rings is 1. The summed E-state index contributed by atoms with van der Waals surface area (Å²) in [4.78, 5) is 26.0. The maximum atomic E-state index is 13.0. The summed E-state index contributed by atoms with van der Waals surface area (Å²) in [6.45, 7) is 3.29. The third-order valence-corrected chi connectivity index (χ3v) is 4.99. The Kier molecular flexibility index (Phi) is 5.75. The number of para-hydroxylation sites is 1. The highest BCUT2D eigenvalue weighted by Crippen LogP contribution is 2.22. The standard InChI is InChI=1S/C24H24N4O2/c1-2-15-27-16-20(23(29)25-14-13-18-9-5-3-6-10-18)22-21(17-27)24(30)28(26-22)19-11-7-4-8-12-19/h3-12,16-17H,2,13-15H2,1H3,(H,25,29). The number of aryl methyl sites for hydroxylation is 1. The van der Waals surface area contributed by atoms with E-state index in [0.29, 0.717) is 29.1 Å². The molecule has 0 bridgehead atoms. The zero-order valence-electron chi connectivity index (χ0n) is 16.9. The third kappa shape index (κ3) is 4.03. The molecular weight excluding hydrogens is 376 g/mol. The number of hydrogen-bond acceptors (Lipinski definition) is 3. The Morgan fingerprint density at radius 2 is 1.70 bits per heavy atom. The molecular formula is C24H24N4O2. The normalized spacial score (nSPS) is 11.0. The molecule has 0 saturated heterocycles. The molecule has 2 aliphatic heterocycles. The summed E-state index contributed by atoms with van der Waals surface area (Å²) < 4.78 is 3.26. The van der Waals surface area contributed by atoms with E-state index >= 15 is 0 Å². The van der Waals surface area contributed by atoms with Crippen LogP contribution in [-0.2, 0) is 13.0 Å². The lowest BCUT2D eigenvalue weighted by Gasteiger charge is -2.12. The predicted molar refractivity (Wildman–Crippen MR) is 117 cm³/mol. The van der Waals surface area contributed by atoms with E-state index in [9.17, 15) is 9.59 Å². The molecule has 2 heterocycles. The van der Waals surface area contributed by atoms with Crippen molar-refractivity contribution in [2.24, 2.45) is 0 Å². The van der Waals surface area contributed by atoms with E-state index in [4.69, 9.17) is 0 Å². The molecule has 2 aromatic rings. The van der Waals surface area contributed by atoms with Crippen molar-refractivity contribution in [2.45, 2.75) is 26.3 Å². The molecule has 0 aromatic heterocycles. The van der Waals surface area contributed by atoms with Crippen molar-refractivity contribution in [1.29, 1.82) is 0 Å². The summed E-state index contributed by atoms with van der Waals surface area (Å²) >= 11 is 0. The smallest absolute Gasteiger partial charge is 0.282 e. The number of benzene rings is 2. The van der Waals surface area contributed by atoms with E-state index in [1.807, 2.05) is 65.2 Å². The topological polar surface area (TPSA) is 68.9 Å². The number of fused-ring (bicyclic) bond motifs is 1. The molecule has 0 radical (unpaired) electrons. The van der Waals surface area contributed by atoms with Gasteiger partial charge in [0.05, 0.1) is 16.8 Å². The van der Waals surface area contributed by atoms with Crippen molar-refractivity contribution in [3.05, 3.63) is 94.5 Å². The number of nitrogens with one attached hydrogen (secondary N) is 1. The van der Waals surface area contributed by atoms with Gasteiger partial charge in [0, 0.05) is 25.5 Å². The van der Waals surface area contributed by atoms with Gasteiger partial charge in [-0.05, 0) is 30.5 Å². The van der Waals surface area contributed by atoms with Gasteiger partial charge in [-0.3, -0.25) is 9.59 Å². The third-order valence-electron chi connectivity index (χ3n) is 4.99. The molecule has 30 heavy (non-hydrogen) atoms. The molecule has 0 saturated carbocycles. The van der Waals surface area contributed by atoms with E-state index in [-0.39, 0.29) is 11.5 Å². The highest BCUT2D eigenvalue weighted by atomic mass is 16.2. The summed E-state index contributed by atoms with van der Waals surface area (Å²) in [5.41, 5.74) is 2.90. The van der Waals surface area contributed by atoms with E-state index in [2.05, 4.69) is 17.3 Å². The molecule has 2 aliphatic rings. The second kappa shape index (κ2) is 8.78. The van der Waals surface area contributed by atoms with E-state index in [1.54, 1.807) is 12.4 Å². The summed E-state index contributed by atoms with van der Waals surface area (Å²) in [5, 5.41) is 7.47. The Hall–Kier alpha value is -3.67. The molecule has 0 unspecified atom stereocenters. The Morgan fingerprint density at radius 1 is 1.00 bits per heavy atom. The second-order valence-electron chi connectivity index (χ2n) is 7.22. The number of nitrogens with zero attached hydrogens (tertiary/aromatic N) is 3. The van der Waals surface area contributed by atoms with Gasteiger partial charge in [0.25, 0.3) is 11.5 Å². The Balaban J connectivity index is 1.67. The zero-order valence-corrected chi connectivity index (χ0v) is 16.9. The average Bonchev–Trinajstić information content (AvgIpc) is 3.11. The van der Waals surface area contributed by atoms with Gasteiger partial charge in [0.1, 0.15) is 5.69 Å². The highest BCUT2D eigenvalue weighted by Gasteiger charge is 2.24. The van der Waals surface area contributed by atoms with Crippen LogP contribution >= 0.6 is 0 Å². The van der Waals surface area contributed by atoms with Crippen LogP contribution in [0.1, 0.15) is 29.3 Å². The predicted octanol–water partition coefficient (Wildman–Crippen LogP) is 3.52. The minimum Gasteiger partial charge on any atom is -0.353 e. The molecule has 2 aromatic carbocycles. The summed E-state index contributed by atoms with van der Waals surface area (Å²) in [7, 11) is 0. The number of aromatic nitrogens is 3. The molecule has 0 atom stereocenters. The molecule has 1 N–H and O–H groups in total. The molecule has 6 nitrogen and oxygen atoms in total. The van der Waals surface area contributed by atoms with Gasteiger partial charge in [-0.2, -0.15) is 9.78 Å². The first-order valence-electron chi connectivity index (χ1n) is 10.2. The maximum absolute atomic E-state index is 13.0. The van der Waals surface area contributed by atoms with Crippen LogP contribution in [-0.4, -0.2) is 26.8 Å². The van der Waals surface area contributed by atoms with Gasteiger partial charge < -0.3 is 9.88 Å². The van der Waals surface area contributed by atoms with Crippen molar-refractivity contribution in [1.82, 2.24) is 19.7 Å². The summed E-state index contributed by atoms with van der Waals surface area (Å²) in [5.74, 6) is -0.223. The van der Waals surface area contributed by atoms with E-state index < -0.39 is 0 Å². The van der Waals surface area contributed by atoms with Crippen LogP contribution in [0.25, 0.3) is 16.9 Å². The molecule has 1 amide bonds. The fraction of sp³-hybridized carbons (Fsp3) is 0.208.